The van der Waals surface area contributed by atoms with Gasteiger partial charge in [0.1, 0.15) is 30.5 Å². The van der Waals surface area contributed by atoms with Gasteiger partial charge in [-0.2, -0.15) is 0 Å². The fourth-order valence-corrected chi connectivity index (χ4v) is 2.16. The average molecular weight is 325 g/mol. The molecule has 0 aliphatic carbocycles. The molecule has 0 aromatic carbocycles. The summed E-state index contributed by atoms with van der Waals surface area (Å²) in [7, 11) is 0. The van der Waals surface area contributed by atoms with Crippen molar-refractivity contribution in [1.29, 1.82) is 0 Å². The van der Waals surface area contributed by atoms with Crippen molar-refractivity contribution < 1.29 is 50.1 Å². The van der Waals surface area contributed by atoms with Gasteiger partial charge in [-0.25, -0.2) is 4.79 Å². The largest absolute Gasteiger partial charge is 0.477 e. The minimum absolute atomic E-state index is 0.712. The molecule has 0 aromatic rings. The number of rotatable bonds is 5. The number of aliphatic carboxylic acids is 1. The second kappa shape index (κ2) is 6.83. The highest BCUT2D eigenvalue weighted by molar-refractivity contribution is 5.77. The molecule has 8 N–H and O–H groups in total. The zero-order valence-electron chi connectivity index (χ0n) is 11.5. The highest BCUT2D eigenvalue weighted by Crippen LogP contribution is 2.31. The Morgan fingerprint density at radius 3 is 2.27 bits per heavy atom. The quantitative estimate of drug-likeness (QED) is 0.242. The molecule has 1 fully saturated rings. The van der Waals surface area contributed by atoms with E-state index >= 15 is 0 Å². The summed E-state index contributed by atoms with van der Waals surface area (Å²) in [5.74, 6) is -6.03. The lowest BCUT2D eigenvalue weighted by Gasteiger charge is -2.47. The Morgan fingerprint density at radius 1 is 1.32 bits per heavy atom. The van der Waals surface area contributed by atoms with Gasteiger partial charge in [0.05, 0.1) is 12.6 Å². The number of carbonyl (C=O) groups is 2. The predicted molar refractivity (Wildman–Crippen MR) is 66.2 cm³/mol. The first kappa shape index (κ1) is 18.7. The zero-order valence-corrected chi connectivity index (χ0v) is 11.5. The molecule has 0 unspecified atom stereocenters. The van der Waals surface area contributed by atoms with Crippen molar-refractivity contribution in [3.63, 3.8) is 0 Å². The number of hydrogen-bond acceptors (Lipinski definition) is 9. The van der Waals surface area contributed by atoms with Gasteiger partial charge >= 0.3 is 5.97 Å². The summed E-state index contributed by atoms with van der Waals surface area (Å²) in [6.45, 7) is 0.112. The highest BCUT2D eigenvalue weighted by atomic mass is 16.7. The van der Waals surface area contributed by atoms with Gasteiger partial charge in [-0.1, -0.05) is 0 Å². The highest BCUT2D eigenvalue weighted by Gasteiger charge is 2.60. The molecule has 22 heavy (non-hydrogen) atoms. The molecular formula is C11H19NO10. The van der Waals surface area contributed by atoms with Crippen LogP contribution in [0.3, 0.4) is 0 Å². The summed E-state index contributed by atoms with van der Waals surface area (Å²) < 4.78 is 4.73. The van der Waals surface area contributed by atoms with Crippen LogP contribution in [-0.4, -0.2) is 96.6 Å². The van der Waals surface area contributed by atoms with Crippen LogP contribution in [0.1, 0.15) is 6.92 Å². The van der Waals surface area contributed by atoms with Gasteiger partial charge in [-0.05, 0) is 0 Å². The van der Waals surface area contributed by atoms with Crippen LogP contribution in [0.4, 0.5) is 0 Å². The molecule has 1 aliphatic heterocycles. The lowest BCUT2D eigenvalue weighted by Crippen LogP contribution is -2.73. The zero-order chi connectivity index (χ0) is 17.2. The SMILES string of the molecule is CC(=O)N[C@@H]1[C@H](O)[C@@H](O)[C@](O)(C(=O)O)O[C@H]1[C@H](O)[C@H](O)CO. The number of ether oxygens (including phenoxy) is 1. The molecule has 11 nitrogen and oxygen atoms in total. The lowest BCUT2D eigenvalue weighted by atomic mass is 9.86. The summed E-state index contributed by atoms with van der Waals surface area (Å²) in [5, 5.41) is 68.6. The van der Waals surface area contributed by atoms with E-state index in [9.17, 15) is 35.1 Å². The number of aliphatic hydroxyl groups excluding tert-OH is 5. The van der Waals surface area contributed by atoms with Gasteiger partial charge in [0.25, 0.3) is 5.79 Å². The topological polar surface area (TPSA) is 197 Å². The van der Waals surface area contributed by atoms with E-state index in [-0.39, 0.29) is 0 Å². The van der Waals surface area contributed by atoms with E-state index in [0.29, 0.717) is 0 Å². The van der Waals surface area contributed by atoms with E-state index in [4.69, 9.17) is 14.9 Å². The summed E-state index contributed by atoms with van der Waals surface area (Å²) in [4.78, 5) is 22.2. The first-order valence-electron chi connectivity index (χ1n) is 6.30. The fourth-order valence-electron chi connectivity index (χ4n) is 2.16. The molecule has 7 atom stereocenters. The number of hydrogen-bond donors (Lipinski definition) is 8. The first-order valence-corrected chi connectivity index (χ1v) is 6.30. The Morgan fingerprint density at radius 2 is 1.86 bits per heavy atom. The van der Waals surface area contributed by atoms with Gasteiger partial charge in [0.2, 0.25) is 5.91 Å². The van der Waals surface area contributed by atoms with Crippen LogP contribution < -0.4 is 5.32 Å². The molecule has 1 saturated heterocycles. The standard InChI is InChI=1S/C11H19NO10/c1-3(14)12-5-7(17)9(18)11(21,10(19)20)22-8(5)6(16)4(15)2-13/h4-9,13,15-18,21H,2H2,1H3,(H,12,14)(H,19,20)/t4-,5-,6-,7+,8-,9-,11-/m1/s1. The van der Waals surface area contributed by atoms with Crippen LogP contribution >= 0.6 is 0 Å². The van der Waals surface area contributed by atoms with Crippen molar-refractivity contribution in [2.24, 2.45) is 0 Å². The number of carboxylic acid groups (broad SMARTS) is 1. The Hall–Kier alpha value is -1.34. The number of amides is 1. The molecule has 128 valence electrons. The third-order valence-electron chi connectivity index (χ3n) is 3.36. The van der Waals surface area contributed by atoms with E-state index in [1.54, 1.807) is 0 Å². The van der Waals surface area contributed by atoms with Gasteiger partial charge in [-0.15, -0.1) is 0 Å². The third kappa shape index (κ3) is 3.35. The molecule has 11 heteroatoms. The molecule has 1 aliphatic rings. The van der Waals surface area contributed by atoms with Crippen LogP contribution in [0.15, 0.2) is 0 Å². The van der Waals surface area contributed by atoms with E-state index in [1.807, 2.05) is 0 Å². The van der Waals surface area contributed by atoms with Gasteiger partial charge in [0.15, 0.2) is 0 Å². The van der Waals surface area contributed by atoms with Crippen molar-refractivity contribution in [2.75, 3.05) is 6.61 Å². The Balaban J connectivity index is 3.19. The predicted octanol–water partition coefficient (Wildman–Crippen LogP) is -4.90. The fraction of sp³-hybridized carbons (Fsp3) is 0.818. The van der Waals surface area contributed by atoms with Crippen molar-refractivity contribution in [1.82, 2.24) is 5.32 Å². The van der Waals surface area contributed by atoms with Crippen LogP contribution in [0, 0.1) is 0 Å². The molecule has 0 saturated carbocycles. The third-order valence-corrected chi connectivity index (χ3v) is 3.36. The number of carboxylic acids is 1. The summed E-state index contributed by atoms with van der Waals surface area (Å²) in [6.07, 6.45) is -9.94. The Kier molecular flexibility index (Phi) is 5.81. The molecule has 0 radical (unpaired) electrons. The number of nitrogens with one attached hydrogen (secondary N) is 1. The van der Waals surface area contributed by atoms with Crippen LogP contribution in [0.5, 0.6) is 0 Å². The van der Waals surface area contributed by atoms with Gasteiger partial charge in [0, 0.05) is 6.92 Å². The second-order valence-electron chi connectivity index (χ2n) is 4.99. The molecule has 1 heterocycles. The average Bonchev–Trinajstić information content (AvgIpc) is 2.45. The maximum atomic E-state index is 11.1. The van der Waals surface area contributed by atoms with Gasteiger partial charge < -0.3 is 45.8 Å². The van der Waals surface area contributed by atoms with Crippen molar-refractivity contribution >= 4 is 11.9 Å². The van der Waals surface area contributed by atoms with Gasteiger partial charge in [-0.3, -0.25) is 4.79 Å². The number of aliphatic hydroxyl groups is 6. The normalized spacial score (nSPS) is 38.1. The van der Waals surface area contributed by atoms with Crippen molar-refractivity contribution in [2.45, 2.75) is 49.3 Å². The molecule has 1 amide bonds. The summed E-state index contributed by atoms with van der Waals surface area (Å²) >= 11 is 0. The Bertz CT molecular complexity index is 431. The minimum Gasteiger partial charge on any atom is -0.477 e. The maximum Gasteiger partial charge on any atom is 0.367 e. The summed E-state index contributed by atoms with van der Waals surface area (Å²) in [5.41, 5.74) is 0. The molecule has 0 spiro atoms. The smallest absolute Gasteiger partial charge is 0.367 e. The van der Waals surface area contributed by atoms with Crippen LogP contribution in [-0.2, 0) is 14.3 Å². The monoisotopic (exact) mass is 325 g/mol. The molecule has 0 aromatic heterocycles. The molecular weight excluding hydrogens is 306 g/mol. The van der Waals surface area contributed by atoms with Crippen LogP contribution in [0.25, 0.3) is 0 Å². The van der Waals surface area contributed by atoms with E-state index in [2.05, 4.69) is 5.32 Å². The Labute approximate surface area is 124 Å². The van der Waals surface area contributed by atoms with E-state index < -0.39 is 60.8 Å². The number of carbonyl (C=O) groups excluding carboxylic acids is 1. The van der Waals surface area contributed by atoms with E-state index in [0.717, 1.165) is 6.92 Å². The lowest BCUT2D eigenvalue weighted by molar-refractivity contribution is -0.332. The van der Waals surface area contributed by atoms with Crippen molar-refractivity contribution in [3.8, 4) is 0 Å². The summed E-state index contributed by atoms with van der Waals surface area (Å²) in [6, 6.07) is -1.54. The van der Waals surface area contributed by atoms with Crippen molar-refractivity contribution in [3.05, 3.63) is 0 Å². The van der Waals surface area contributed by atoms with E-state index in [1.165, 1.54) is 0 Å². The minimum atomic E-state index is -3.27. The van der Waals surface area contributed by atoms with Crippen LogP contribution in [0.2, 0.25) is 0 Å². The second-order valence-corrected chi connectivity index (χ2v) is 4.99. The molecule has 0 bridgehead atoms. The first-order chi connectivity index (χ1) is 10.1. The maximum absolute atomic E-state index is 11.1. The molecule has 1 rings (SSSR count).